The van der Waals surface area contributed by atoms with Crippen molar-refractivity contribution in [3.63, 3.8) is 0 Å². The summed E-state index contributed by atoms with van der Waals surface area (Å²) in [7, 11) is 2.92. The minimum Gasteiger partial charge on any atom is -0.502 e. The zero-order valence-corrected chi connectivity index (χ0v) is 26.7. The summed E-state index contributed by atoms with van der Waals surface area (Å²) in [5.41, 5.74) is 7.84. The lowest BCUT2D eigenvalue weighted by Gasteiger charge is -2.39. The first-order chi connectivity index (χ1) is 22.5. The molecule has 13 nitrogen and oxygen atoms in total. The number of benzene rings is 2. The minimum absolute atomic E-state index is 0.0842. The van der Waals surface area contributed by atoms with Gasteiger partial charge in [-0.05, 0) is 106 Å². The summed E-state index contributed by atoms with van der Waals surface area (Å²) in [6.45, 7) is 5.62. The van der Waals surface area contributed by atoms with Gasteiger partial charge in [0.1, 0.15) is 0 Å². The lowest BCUT2D eigenvalue weighted by molar-refractivity contribution is -0.141. The smallest absolute Gasteiger partial charge is 0.310 e. The van der Waals surface area contributed by atoms with Crippen molar-refractivity contribution in [3.05, 3.63) is 41.0 Å². The molecule has 1 saturated heterocycles. The standard InChI is InChI=1S/C33H47N5O8/c1-42-26-13-20(14-27(43-2)32(26)40)29-21-15-24-25(46-19-45-24)16-22(21)31(23-18-44-33(41)30(23)29)38-28(39)17-37-12-6-11-36-9-4-3-8-35-10-5-7-34/h13-16,23,29-31,35-37,40H,3-12,17-19,34H2,1-2H3,(H,38,39). The van der Waals surface area contributed by atoms with Crippen molar-refractivity contribution < 1.29 is 38.4 Å². The number of phenolic OH excluding ortho intramolecular Hbond substituents is 1. The number of ether oxygens (including phenoxy) is 5. The number of carbonyl (C=O) groups is 2. The van der Waals surface area contributed by atoms with Crippen LogP contribution in [0.25, 0.3) is 0 Å². The Labute approximate surface area is 269 Å². The van der Waals surface area contributed by atoms with Crippen molar-refractivity contribution >= 4 is 11.9 Å². The summed E-state index contributed by atoms with van der Waals surface area (Å²) in [6.07, 6.45) is 4.13. The fourth-order valence-electron chi connectivity index (χ4n) is 6.58. The van der Waals surface area contributed by atoms with Crippen LogP contribution in [0.15, 0.2) is 24.3 Å². The normalized spacial score (nSPS) is 21.0. The van der Waals surface area contributed by atoms with E-state index in [9.17, 15) is 14.7 Å². The summed E-state index contributed by atoms with van der Waals surface area (Å²) >= 11 is 0. The molecule has 5 rings (SSSR count). The molecule has 0 aromatic heterocycles. The van der Waals surface area contributed by atoms with Crippen molar-refractivity contribution in [1.29, 1.82) is 0 Å². The van der Waals surface area contributed by atoms with E-state index < -0.39 is 17.9 Å². The van der Waals surface area contributed by atoms with Gasteiger partial charge in [-0.15, -0.1) is 0 Å². The third-order valence-corrected chi connectivity index (χ3v) is 8.87. The summed E-state index contributed by atoms with van der Waals surface area (Å²) in [4.78, 5) is 26.6. The molecule has 0 spiro atoms. The molecular weight excluding hydrogens is 594 g/mol. The highest BCUT2D eigenvalue weighted by Crippen LogP contribution is 2.55. The van der Waals surface area contributed by atoms with Crippen molar-refractivity contribution in [1.82, 2.24) is 21.3 Å². The maximum absolute atomic E-state index is 13.3. The van der Waals surface area contributed by atoms with E-state index in [0.29, 0.717) is 23.6 Å². The van der Waals surface area contributed by atoms with Gasteiger partial charge in [0.15, 0.2) is 23.0 Å². The number of amides is 1. The Balaban J connectivity index is 1.23. The van der Waals surface area contributed by atoms with Gasteiger partial charge in [-0.2, -0.15) is 0 Å². The van der Waals surface area contributed by atoms with Crippen LogP contribution in [0.1, 0.15) is 54.3 Å². The van der Waals surface area contributed by atoms with Crippen molar-refractivity contribution in [2.45, 2.75) is 37.6 Å². The average molecular weight is 642 g/mol. The average Bonchev–Trinajstić information content (AvgIpc) is 3.68. The molecule has 4 atom stereocenters. The molecule has 1 aliphatic carbocycles. The number of unbranched alkanes of at least 4 members (excludes halogenated alkanes) is 1. The topological polar surface area (TPSA) is 175 Å². The van der Waals surface area contributed by atoms with Gasteiger partial charge in [-0.3, -0.25) is 9.59 Å². The monoisotopic (exact) mass is 641 g/mol. The first-order valence-corrected chi connectivity index (χ1v) is 16.1. The van der Waals surface area contributed by atoms with Crippen LogP contribution in [0.5, 0.6) is 28.7 Å². The summed E-state index contributed by atoms with van der Waals surface area (Å²) in [5, 5.41) is 23.8. The first kappa shape index (κ1) is 33.6. The number of hydrogen-bond donors (Lipinski definition) is 6. The number of rotatable bonds is 18. The zero-order valence-electron chi connectivity index (χ0n) is 26.7. The van der Waals surface area contributed by atoms with Gasteiger partial charge in [0.05, 0.1) is 39.3 Å². The van der Waals surface area contributed by atoms with Crippen molar-refractivity contribution in [2.75, 3.05) is 73.4 Å². The molecule has 46 heavy (non-hydrogen) atoms. The predicted molar refractivity (Wildman–Crippen MR) is 171 cm³/mol. The van der Waals surface area contributed by atoms with Gasteiger partial charge in [0, 0.05) is 11.8 Å². The van der Waals surface area contributed by atoms with E-state index in [2.05, 4.69) is 21.3 Å². The Hall–Kier alpha value is -3.78. The van der Waals surface area contributed by atoms with Crippen LogP contribution in [0, 0.1) is 11.8 Å². The van der Waals surface area contributed by atoms with E-state index in [1.807, 2.05) is 12.1 Å². The maximum Gasteiger partial charge on any atom is 0.310 e. The quantitative estimate of drug-likeness (QED) is 0.102. The predicted octanol–water partition coefficient (Wildman–Crippen LogP) is 1.52. The van der Waals surface area contributed by atoms with Gasteiger partial charge >= 0.3 is 5.97 Å². The number of cyclic esters (lactones) is 1. The number of fused-ring (bicyclic) bond motifs is 3. The van der Waals surface area contributed by atoms with Crippen LogP contribution in [-0.4, -0.2) is 90.4 Å². The van der Waals surface area contributed by atoms with E-state index >= 15 is 0 Å². The number of carbonyl (C=O) groups excluding carboxylic acids is 2. The molecule has 2 aliphatic heterocycles. The lowest BCUT2D eigenvalue weighted by atomic mass is 9.65. The van der Waals surface area contributed by atoms with E-state index in [1.165, 1.54) is 14.2 Å². The number of methoxy groups -OCH3 is 2. The Kier molecular flexibility index (Phi) is 11.8. The van der Waals surface area contributed by atoms with Crippen LogP contribution in [0.3, 0.4) is 0 Å². The molecule has 4 unspecified atom stereocenters. The van der Waals surface area contributed by atoms with Crippen LogP contribution in [-0.2, 0) is 14.3 Å². The largest absolute Gasteiger partial charge is 0.502 e. The SMILES string of the molecule is COc1cc(C2c3cc4c(cc3C(NC(=O)CNCCCNCCCCNCCCN)C3COC(=O)C23)OCO4)cc(OC)c1O. The molecule has 2 aromatic carbocycles. The molecule has 2 aromatic rings. The molecule has 1 amide bonds. The van der Waals surface area contributed by atoms with Gasteiger partial charge in [-0.1, -0.05) is 0 Å². The zero-order chi connectivity index (χ0) is 32.5. The number of esters is 1. The van der Waals surface area contributed by atoms with E-state index in [4.69, 9.17) is 29.4 Å². The van der Waals surface area contributed by atoms with Crippen LogP contribution < -0.4 is 45.9 Å². The van der Waals surface area contributed by atoms with Gasteiger partial charge in [0.25, 0.3) is 0 Å². The van der Waals surface area contributed by atoms with Gasteiger partial charge in [0.2, 0.25) is 18.4 Å². The van der Waals surface area contributed by atoms with E-state index in [1.54, 1.807) is 12.1 Å². The second kappa shape index (κ2) is 16.2. The number of phenols is 1. The lowest BCUT2D eigenvalue weighted by Crippen LogP contribution is -2.45. The van der Waals surface area contributed by atoms with Crippen LogP contribution >= 0.6 is 0 Å². The number of nitrogens with one attached hydrogen (secondary N) is 4. The third kappa shape index (κ3) is 7.60. The molecule has 0 bridgehead atoms. The molecular formula is C33H47N5O8. The second-order valence-electron chi connectivity index (χ2n) is 11.8. The first-order valence-electron chi connectivity index (χ1n) is 16.1. The Bertz CT molecular complexity index is 1330. The Morgan fingerprint density at radius 2 is 1.48 bits per heavy atom. The van der Waals surface area contributed by atoms with Gasteiger partial charge in [-0.25, -0.2) is 0 Å². The summed E-state index contributed by atoms with van der Waals surface area (Å²) in [6, 6.07) is 6.69. The van der Waals surface area contributed by atoms with E-state index in [-0.39, 0.29) is 55.0 Å². The maximum atomic E-state index is 13.3. The molecule has 7 N–H and O–H groups in total. The number of aromatic hydroxyl groups is 1. The Morgan fingerprint density at radius 1 is 0.870 bits per heavy atom. The van der Waals surface area contributed by atoms with Crippen LogP contribution in [0.4, 0.5) is 0 Å². The molecule has 0 radical (unpaired) electrons. The number of hydrogen-bond acceptors (Lipinski definition) is 12. The van der Waals surface area contributed by atoms with Gasteiger partial charge < -0.3 is 55.8 Å². The highest BCUT2D eigenvalue weighted by atomic mass is 16.7. The second-order valence-corrected chi connectivity index (χ2v) is 11.8. The highest BCUT2D eigenvalue weighted by molar-refractivity contribution is 5.81. The molecule has 2 heterocycles. The van der Waals surface area contributed by atoms with Crippen LogP contribution in [0.2, 0.25) is 0 Å². The summed E-state index contributed by atoms with van der Waals surface area (Å²) in [5.74, 6) is -0.468. The number of nitrogens with two attached hydrogens (primary N) is 1. The minimum atomic E-state index is -0.599. The molecule has 1 fully saturated rings. The molecule has 252 valence electrons. The fourth-order valence-corrected chi connectivity index (χ4v) is 6.58. The molecule has 0 saturated carbocycles. The van der Waals surface area contributed by atoms with E-state index in [0.717, 1.165) is 69.5 Å². The molecule has 3 aliphatic rings. The van der Waals surface area contributed by atoms with Crippen molar-refractivity contribution in [2.24, 2.45) is 17.6 Å². The third-order valence-electron chi connectivity index (χ3n) is 8.87. The molecule has 13 heteroatoms. The van der Waals surface area contributed by atoms with Crippen molar-refractivity contribution in [3.8, 4) is 28.7 Å². The highest BCUT2D eigenvalue weighted by Gasteiger charge is 2.53. The fraction of sp³-hybridized carbons (Fsp3) is 0.576. The Morgan fingerprint density at radius 3 is 2.13 bits per heavy atom. The summed E-state index contributed by atoms with van der Waals surface area (Å²) < 4.78 is 27.9.